The van der Waals surface area contributed by atoms with Crippen LogP contribution < -0.4 is 0 Å². The lowest BCUT2D eigenvalue weighted by molar-refractivity contribution is -0.276. The Morgan fingerprint density at radius 2 is 1.93 bits per heavy atom. The summed E-state index contributed by atoms with van der Waals surface area (Å²) in [6.45, 7) is 1.41. The SMILES string of the molecule is CC(O)C12COC(O1)C(O)C(O)C2O. The first kappa shape index (κ1) is 10.3. The van der Waals surface area contributed by atoms with E-state index in [2.05, 4.69) is 0 Å². The van der Waals surface area contributed by atoms with Gasteiger partial charge in [0, 0.05) is 0 Å². The molecule has 82 valence electrons. The minimum atomic E-state index is -1.36. The van der Waals surface area contributed by atoms with Gasteiger partial charge < -0.3 is 29.9 Å². The number of rotatable bonds is 1. The van der Waals surface area contributed by atoms with Crippen molar-refractivity contribution in [3.05, 3.63) is 0 Å². The van der Waals surface area contributed by atoms with E-state index in [1.54, 1.807) is 0 Å². The van der Waals surface area contributed by atoms with Crippen molar-refractivity contribution < 1.29 is 29.9 Å². The van der Waals surface area contributed by atoms with Gasteiger partial charge >= 0.3 is 0 Å². The van der Waals surface area contributed by atoms with E-state index in [4.69, 9.17) is 9.47 Å². The molecule has 0 aliphatic carbocycles. The maximum atomic E-state index is 9.68. The first-order valence-corrected chi connectivity index (χ1v) is 4.51. The maximum Gasteiger partial charge on any atom is 0.187 e. The highest BCUT2D eigenvalue weighted by molar-refractivity contribution is 5.06. The van der Waals surface area contributed by atoms with Gasteiger partial charge in [0.1, 0.15) is 23.9 Å². The lowest BCUT2D eigenvalue weighted by Crippen LogP contribution is -2.64. The second-order valence-electron chi connectivity index (χ2n) is 3.85. The minimum absolute atomic E-state index is 0.0371. The van der Waals surface area contributed by atoms with Gasteiger partial charge in [-0.2, -0.15) is 0 Å². The van der Waals surface area contributed by atoms with Gasteiger partial charge in [0.25, 0.3) is 0 Å². The second kappa shape index (κ2) is 3.13. The van der Waals surface area contributed by atoms with Gasteiger partial charge in [-0.15, -0.1) is 0 Å². The number of hydrogen-bond donors (Lipinski definition) is 4. The zero-order chi connectivity index (χ0) is 10.5. The molecule has 0 radical (unpaired) electrons. The molecule has 6 nitrogen and oxygen atoms in total. The summed E-state index contributed by atoms with van der Waals surface area (Å²) < 4.78 is 10.3. The molecule has 0 amide bonds. The molecule has 2 aliphatic heterocycles. The average Bonchev–Trinajstić information content (AvgIpc) is 2.56. The quantitative estimate of drug-likeness (QED) is 0.381. The Hall–Kier alpha value is -0.240. The molecule has 6 heteroatoms. The van der Waals surface area contributed by atoms with Crippen LogP contribution in [0.4, 0.5) is 0 Å². The van der Waals surface area contributed by atoms with Crippen LogP contribution in [0.1, 0.15) is 6.92 Å². The lowest BCUT2D eigenvalue weighted by atomic mass is 9.85. The zero-order valence-electron chi connectivity index (χ0n) is 7.70. The molecule has 0 aromatic heterocycles. The molecule has 2 bridgehead atoms. The molecular formula is C8H14O6. The van der Waals surface area contributed by atoms with Crippen LogP contribution in [0.3, 0.4) is 0 Å². The number of aliphatic hydroxyl groups is 4. The third kappa shape index (κ3) is 1.13. The zero-order valence-corrected chi connectivity index (χ0v) is 7.70. The molecule has 2 fully saturated rings. The molecule has 2 saturated heterocycles. The number of fused-ring (bicyclic) bond motifs is 2. The van der Waals surface area contributed by atoms with E-state index in [0.717, 1.165) is 0 Å². The van der Waals surface area contributed by atoms with E-state index in [1.165, 1.54) is 6.92 Å². The van der Waals surface area contributed by atoms with Crippen LogP contribution in [-0.4, -0.2) is 63.3 Å². The summed E-state index contributed by atoms with van der Waals surface area (Å²) in [5, 5.41) is 38.0. The lowest BCUT2D eigenvalue weighted by Gasteiger charge is -2.42. The van der Waals surface area contributed by atoms with Crippen molar-refractivity contribution in [3.63, 3.8) is 0 Å². The van der Waals surface area contributed by atoms with E-state index in [-0.39, 0.29) is 6.61 Å². The molecule has 0 saturated carbocycles. The molecule has 0 spiro atoms. The Kier molecular flexibility index (Phi) is 2.30. The van der Waals surface area contributed by atoms with Crippen molar-refractivity contribution in [3.8, 4) is 0 Å². The fourth-order valence-corrected chi connectivity index (χ4v) is 1.92. The van der Waals surface area contributed by atoms with Crippen molar-refractivity contribution >= 4 is 0 Å². The number of hydrogen-bond acceptors (Lipinski definition) is 6. The molecule has 0 aromatic rings. The summed E-state index contributed by atoms with van der Waals surface area (Å²) in [6.07, 6.45) is -5.94. The van der Waals surface area contributed by atoms with E-state index in [9.17, 15) is 20.4 Å². The van der Waals surface area contributed by atoms with E-state index in [0.29, 0.717) is 0 Å². The second-order valence-corrected chi connectivity index (χ2v) is 3.85. The normalized spacial score (nSPS) is 54.6. The molecular weight excluding hydrogens is 192 g/mol. The molecule has 0 aromatic carbocycles. The van der Waals surface area contributed by atoms with Crippen molar-refractivity contribution in [2.75, 3.05) is 6.61 Å². The van der Waals surface area contributed by atoms with Gasteiger partial charge in [0.2, 0.25) is 0 Å². The molecule has 6 unspecified atom stereocenters. The van der Waals surface area contributed by atoms with Crippen LogP contribution >= 0.6 is 0 Å². The monoisotopic (exact) mass is 206 g/mol. The average molecular weight is 206 g/mol. The van der Waals surface area contributed by atoms with Gasteiger partial charge in [0.05, 0.1) is 12.7 Å². The molecule has 2 aliphatic rings. The van der Waals surface area contributed by atoms with Crippen LogP contribution in [0.5, 0.6) is 0 Å². The Labute approximate surface area is 80.7 Å². The highest BCUT2D eigenvalue weighted by atomic mass is 16.8. The van der Waals surface area contributed by atoms with Crippen LogP contribution in [0.2, 0.25) is 0 Å². The third-order valence-corrected chi connectivity index (χ3v) is 2.97. The summed E-state index contributed by atoms with van der Waals surface area (Å²) in [6, 6.07) is 0. The Bertz CT molecular complexity index is 232. The highest BCUT2D eigenvalue weighted by Crippen LogP contribution is 2.38. The van der Waals surface area contributed by atoms with Gasteiger partial charge in [-0.3, -0.25) is 0 Å². The van der Waals surface area contributed by atoms with E-state index < -0.39 is 36.3 Å². The van der Waals surface area contributed by atoms with E-state index >= 15 is 0 Å². The standard InChI is InChI=1S/C8H14O6/c1-3(9)8-2-13-7(14-8)5(11)4(10)6(8)12/h3-7,9-12H,2H2,1H3. The third-order valence-electron chi connectivity index (χ3n) is 2.97. The summed E-state index contributed by atoms with van der Waals surface area (Å²) in [7, 11) is 0. The molecule has 2 rings (SSSR count). The molecule has 2 heterocycles. The first-order chi connectivity index (χ1) is 6.49. The predicted octanol–water partition coefficient (Wildman–Crippen LogP) is -2.42. The van der Waals surface area contributed by atoms with Crippen LogP contribution in [0.25, 0.3) is 0 Å². The number of aliphatic hydroxyl groups excluding tert-OH is 4. The molecule has 4 N–H and O–H groups in total. The Morgan fingerprint density at radius 1 is 1.29 bits per heavy atom. The summed E-state index contributed by atoms with van der Waals surface area (Å²) in [5.41, 5.74) is -1.32. The van der Waals surface area contributed by atoms with Gasteiger partial charge in [0.15, 0.2) is 6.29 Å². The van der Waals surface area contributed by atoms with Crippen molar-refractivity contribution in [2.24, 2.45) is 0 Å². The van der Waals surface area contributed by atoms with Gasteiger partial charge in [-0.05, 0) is 6.92 Å². The van der Waals surface area contributed by atoms with E-state index in [1.807, 2.05) is 0 Å². The highest BCUT2D eigenvalue weighted by Gasteiger charge is 2.61. The fraction of sp³-hybridized carbons (Fsp3) is 1.00. The first-order valence-electron chi connectivity index (χ1n) is 4.51. The van der Waals surface area contributed by atoms with Crippen LogP contribution in [0.15, 0.2) is 0 Å². The molecule has 6 atom stereocenters. The largest absolute Gasteiger partial charge is 0.390 e. The van der Waals surface area contributed by atoms with Crippen LogP contribution in [0, 0.1) is 0 Å². The van der Waals surface area contributed by atoms with Crippen molar-refractivity contribution in [2.45, 2.75) is 43.2 Å². The Balaban J connectivity index is 2.29. The number of ether oxygens (including phenoxy) is 2. The summed E-state index contributed by atoms with van der Waals surface area (Å²) in [4.78, 5) is 0. The molecule has 14 heavy (non-hydrogen) atoms. The van der Waals surface area contributed by atoms with Crippen molar-refractivity contribution in [1.82, 2.24) is 0 Å². The van der Waals surface area contributed by atoms with Crippen LogP contribution in [-0.2, 0) is 9.47 Å². The topological polar surface area (TPSA) is 99.4 Å². The summed E-state index contributed by atoms with van der Waals surface area (Å²) >= 11 is 0. The smallest absolute Gasteiger partial charge is 0.187 e. The fourth-order valence-electron chi connectivity index (χ4n) is 1.92. The summed E-state index contributed by atoms with van der Waals surface area (Å²) in [5.74, 6) is 0. The minimum Gasteiger partial charge on any atom is -0.390 e. The van der Waals surface area contributed by atoms with Gasteiger partial charge in [-0.25, -0.2) is 0 Å². The van der Waals surface area contributed by atoms with Crippen molar-refractivity contribution in [1.29, 1.82) is 0 Å². The predicted molar refractivity (Wildman–Crippen MR) is 43.3 cm³/mol. The Morgan fingerprint density at radius 3 is 2.50 bits per heavy atom. The van der Waals surface area contributed by atoms with Gasteiger partial charge in [-0.1, -0.05) is 0 Å². The maximum absolute atomic E-state index is 9.68.